The number of amides is 1. The van der Waals surface area contributed by atoms with Crippen LogP contribution in [0.3, 0.4) is 0 Å². The molecule has 0 saturated carbocycles. The van der Waals surface area contributed by atoms with Crippen LogP contribution in [0.5, 0.6) is 0 Å². The van der Waals surface area contributed by atoms with E-state index >= 15 is 0 Å². The standard InChI is InChI=1S/C13H23NO3/c1-7-9-13(4,5)12(16)14(9)10(8(2)3)11(15)17-6/h8-10H,7H2,1-6H3. The Bertz CT molecular complexity index is 323. The number of likely N-dealkylation sites (tertiary alicyclic amines) is 1. The minimum Gasteiger partial charge on any atom is -0.467 e. The quantitative estimate of drug-likeness (QED) is 0.557. The van der Waals surface area contributed by atoms with Crippen molar-refractivity contribution in [3.8, 4) is 0 Å². The van der Waals surface area contributed by atoms with Crippen molar-refractivity contribution in [2.45, 2.75) is 53.1 Å². The fourth-order valence-electron chi connectivity index (χ4n) is 2.75. The number of hydrogen-bond donors (Lipinski definition) is 0. The third-order valence-corrected chi connectivity index (χ3v) is 3.72. The SMILES string of the molecule is CCC1N(C(C(=O)OC)C(C)C)C(=O)C1(C)C. The van der Waals surface area contributed by atoms with E-state index in [2.05, 4.69) is 0 Å². The average molecular weight is 241 g/mol. The van der Waals surface area contributed by atoms with Gasteiger partial charge in [0.05, 0.1) is 12.5 Å². The summed E-state index contributed by atoms with van der Waals surface area (Å²) in [6.07, 6.45) is 0.860. The van der Waals surface area contributed by atoms with Crippen molar-refractivity contribution in [3.63, 3.8) is 0 Å². The summed E-state index contributed by atoms with van der Waals surface area (Å²) in [5.41, 5.74) is -0.351. The topological polar surface area (TPSA) is 46.6 Å². The molecule has 2 atom stereocenters. The van der Waals surface area contributed by atoms with Gasteiger partial charge in [-0.1, -0.05) is 20.8 Å². The van der Waals surface area contributed by atoms with Gasteiger partial charge in [-0.25, -0.2) is 4.79 Å². The lowest BCUT2D eigenvalue weighted by Gasteiger charge is -2.56. The number of hydrogen-bond acceptors (Lipinski definition) is 3. The van der Waals surface area contributed by atoms with Gasteiger partial charge >= 0.3 is 5.97 Å². The van der Waals surface area contributed by atoms with Crippen LogP contribution < -0.4 is 0 Å². The van der Waals surface area contributed by atoms with E-state index in [1.807, 2.05) is 34.6 Å². The molecule has 0 aromatic carbocycles. The Morgan fingerprint density at radius 2 is 2.00 bits per heavy atom. The van der Waals surface area contributed by atoms with E-state index < -0.39 is 6.04 Å². The third kappa shape index (κ3) is 2.05. The molecule has 4 nitrogen and oxygen atoms in total. The zero-order valence-electron chi connectivity index (χ0n) is 11.6. The van der Waals surface area contributed by atoms with E-state index in [9.17, 15) is 9.59 Å². The van der Waals surface area contributed by atoms with Crippen molar-refractivity contribution in [2.75, 3.05) is 7.11 Å². The molecule has 1 aliphatic heterocycles. The molecule has 0 radical (unpaired) electrons. The summed E-state index contributed by atoms with van der Waals surface area (Å²) in [4.78, 5) is 25.6. The first-order valence-corrected chi connectivity index (χ1v) is 6.19. The third-order valence-electron chi connectivity index (χ3n) is 3.72. The summed E-state index contributed by atoms with van der Waals surface area (Å²) in [5.74, 6) is -0.202. The van der Waals surface area contributed by atoms with E-state index in [0.29, 0.717) is 0 Å². The van der Waals surface area contributed by atoms with E-state index in [1.54, 1.807) is 4.90 Å². The van der Waals surface area contributed by atoms with Crippen LogP contribution in [0.15, 0.2) is 0 Å². The Morgan fingerprint density at radius 3 is 2.35 bits per heavy atom. The van der Waals surface area contributed by atoms with E-state index in [1.165, 1.54) is 7.11 Å². The first-order chi connectivity index (χ1) is 7.78. The summed E-state index contributed by atoms with van der Waals surface area (Å²) >= 11 is 0. The van der Waals surface area contributed by atoms with Crippen molar-refractivity contribution in [3.05, 3.63) is 0 Å². The molecule has 1 rings (SSSR count). The zero-order valence-corrected chi connectivity index (χ0v) is 11.6. The number of carbonyl (C=O) groups excluding carboxylic acids is 2. The maximum atomic E-state index is 12.1. The Morgan fingerprint density at radius 1 is 1.47 bits per heavy atom. The molecular formula is C13H23NO3. The normalized spacial score (nSPS) is 24.5. The van der Waals surface area contributed by atoms with Gasteiger partial charge in [0, 0.05) is 6.04 Å². The molecule has 1 aliphatic rings. The summed E-state index contributed by atoms with van der Waals surface area (Å²) in [6, 6.07) is -0.327. The molecule has 0 aromatic heterocycles. The van der Waals surface area contributed by atoms with Crippen LogP contribution >= 0.6 is 0 Å². The van der Waals surface area contributed by atoms with Crippen LogP contribution in [0.2, 0.25) is 0 Å². The summed E-state index contributed by atoms with van der Waals surface area (Å²) in [6.45, 7) is 9.80. The number of nitrogens with zero attached hydrogens (tertiary/aromatic N) is 1. The zero-order chi connectivity index (χ0) is 13.4. The van der Waals surface area contributed by atoms with Crippen LogP contribution in [0, 0.1) is 11.3 Å². The van der Waals surface area contributed by atoms with Gasteiger partial charge < -0.3 is 9.64 Å². The fraction of sp³-hybridized carbons (Fsp3) is 0.846. The largest absolute Gasteiger partial charge is 0.467 e. The van der Waals surface area contributed by atoms with Gasteiger partial charge in [-0.15, -0.1) is 0 Å². The van der Waals surface area contributed by atoms with Crippen molar-refractivity contribution >= 4 is 11.9 Å². The van der Waals surface area contributed by atoms with Crippen molar-refractivity contribution < 1.29 is 14.3 Å². The molecule has 1 fully saturated rings. The van der Waals surface area contributed by atoms with Gasteiger partial charge in [-0.05, 0) is 26.2 Å². The second kappa shape index (κ2) is 4.67. The fourth-order valence-corrected chi connectivity index (χ4v) is 2.75. The molecule has 0 aromatic rings. The molecule has 17 heavy (non-hydrogen) atoms. The van der Waals surface area contributed by atoms with Crippen molar-refractivity contribution in [1.82, 2.24) is 4.90 Å². The minimum absolute atomic E-state index is 0.0495. The van der Waals surface area contributed by atoms with Gasteiger partial charge in [0.1, 0.15) is 6.04 Å². The van der Waals surface area contributed by atoms with Gasteiger partial charge in [-0.2, -0.15) is 0 Å². The molecule has 1 saturated heterocycles. The highest BCUT2D eigenvalue weighted by atomic mass is 16.5. The smallest absolute Gasteiger partial charge is 0.328 e. The molecule has 0 N–H and O–H groups in total. The Kier molecular flexibility index (Phi) is 3.84. The second-order valence-corrected chi connectivity index (χ2v) is 5.57. The molecule has 2 unspecified atom stereocenters. The van der Waals surface area contributed by atoms with Crippen LogP contribution in [0.1, 0.15) is 41.0 Å². The first-order valence-electron chi connectivity index (χ1n) is 6.19. The molecular weight excluding hydrogens is 218 g/mol. The number of carbonyl (C=O) groups is 2. The summed E-state index contributed by atoms with van der Waals surface area (Å²) < 4.78 is 4.81. The van der Waals surface area contributed by atoms with Crippen LogP contribution in [-0.2, 0) is 14.3 Å². The molecule has 0 aliphatic carbocycles. The van der Waals surface area contributed by atoms with E-state index in [4.69, 9.17) is 4.74 Å². The monoisotopic (exact) mass is 241 g/mol. The van der Waals surface area contributed by atoms with Crippen LogP contribution in [-0.4, -0.2) is 36.0 Å². The highest BCUT2D eigenvalue weighted by Gasteiger charge is 2.57. The van der Waals surface area contributed by atoms with Crippen LogP contribution in [0.4, 0.5) is 0 Å². The van der Waals surface area contributed by atoms with E-state index in [-0.39, 0.29) is 29.3 Å². The predicted octanol–water partition coefficient (Wildman–Crippen LogP) is 1.83. The highest BCUT2D eigenvalue weighted by molar-refractivity contribution is 5.93. The van der Waals surface area contributed by atoms with Gasteiger partial charge in [0.25, 0.3) is 0 Å². The first kappa shape index (κ1) is 14.0. The Balaban J connectivity index is 2.98. The number of methoxy groups -OCH3 is 1. The Hall–Kier alpha value is -1.06. The van der Waals surface area contributed by atoms with Crippen molar-refractivity contribution in [2.24, 2.45) is 11.3 Å². The number of rotatable bonds is 4. The van der Waals surface area contributed by atoms with Gasteiger partial charge in [0.2, 0.25) is 5.91 Å². The molecule has 1 amide bonds. The Labute approximate surface area is 103 Å². The van der Waals surface area contributed by atoms with Crippen molar-refractivity contribution in [1.29, 1.82) is 0 Å². The molecule has 1 heterocycles. The maximum absolute atomic E-state index is 12.1. The predicted molar refractivity (Wildman–Crippen MR) is 65.3 cm³/mol. The second-order valence-electron chi connectivity index (χ2n) is 5.57. The number of β-lactam (4-membered cyclic amide) rings is 1. The maximum Gasteiger partial charge on any atom is 0.328 e. The van der Waals surface area contributed by atoms with E-state index in [0.717, 1.165) is 6.42 Å². The van der Waals surface area contributed by atoms with Gasteiger partial charge in [-0.3, -0.25) is 4.79 Å². The number of esters is 1. The molecule has 0 bridgehead atoms. The highest BCUT2D eigenvalue weighted by Crippen LogP contribution is 2.43. The summed E-state index contributed by atoms with van der Waals surface area (Å²) in [7, 11) is 1.37. The van der Waals surface area contributed by atoms with Crippen LogP contribution in [0.25, 0.3) is 0 Å². The lowest BCUT2D eigenvalue weighted by atomic mass is 9.71. The lowest BCUT2D eigenvalue weighted by molar-refractivity contribution is -0.184. The molecule has 0 spiro atoms. The minimum atomic E-state index is -0.453. The van der Waals surface area contributed by atoms with Gasteiger partial charge in [0.15, 0.2) is 0 Å². The number of ether oxygens (including phenoxy) is 1. The summed E-state index contributed by atoms with van der Waals surface area (Å²) in [5, 5.41) is 0. The molecule has 98 valence electrons. The average Bonchev–Trinajstić information content (AvgIpc) is 2.26. The lowest BCUT2D eigenvalue weighted by Crippen LogP contribution is -2.71. The molecule has 4 heteroatoms.